The SMILES string of the molecule is CCCC[N+](CCCC)(CCCC)CCCC.O=[Se](=O)([O-])O. The van der Waals surface area contributed by atoms with E-state index in [4.69, 9.17) is 16.0 Å². The van der Waals surface area contributed by atoms with E-state index in [1.54, 1.807) is 0 Å². The first kappa shape index (κ1) is 24.3. The van der Waals surface area contributed by atoms with Gasteiger partial charge >= 0.3 is 29.4 Å². The maximum absolute atomic E-state index is 8.70. The van der Waals surface area contributed by atoms with Crippen LogP contribution in [0.25, 0.3) is 0 Å². The Balaban J connectivity index is 0. The summed E-state index contributed by atoms with van der Waals surface area (Å²) in [4.78, 5) is 0. The topological polar surface area (TPSA) is 77.4 Å². The summed E-state index contributed by atoms with van der Waals surface area (Å²) >= 11 is -5.50. The van der Waals surface area contributed by atoms with Crippen LogP contribution in [-0.2, 0) is 7.67 Å². The number of hydrogen-bond acceptors (Lipinski definition) is 3. The zero-order chi connectivity index (χ0) is 17.5. The quantitative estimate of drug-likeness (QED) is 0.413. The van der Waals surface area contributed by atoms with Crippen molar-refractivity contribution in [3.8, 4) is 0 Å². The Kier molecular flexibility index (Phi) is 16.1. The van der Waals surface area contributed by atoms with Gasteiger partial charge in [0.05, 0.1) is 26.2 Å². The van der Waals surface area contributed by atoms with Gasteiger partial charge in [0, 0.05) is 0 Å². The number of hydrogen-bond donors (Lipinski definition) is 1. The van der Waals surface area contributed by atoms with Crippen molar-refractivity contribution < 1.29 is 20.5 Å². The summed E-state index contributed by atoms with van der Waals surface area (Å²) in [6, 6.07) is 0. The first-order valence-electron chi connectivity index (χ1n) is 8.78. The van der Waals surface area contributed by atoms with Gasteiger partial charge in [-0.2, -0.15) is 0 Å². The third-order valence-electron chi connectivity index (χ3n) is 3.94. The van der Waals surface area contributed by atoms with E-state index in [0.29, 0.717) is 0 Å². The summed E-state index contributed by atoms with van der Waals surface area (Å²) in [6.07, 6.45) is 11.1. The van der Waals surface area contributed by atoms with Crippen LogP contribution in [0, 0.1) is 0 Å². The molecule has 0 amide bonds. The van der Waals surface area contributed by atoms with Gasteiger partial charge in [-0.25, -0.2) is 0 Å². The Morgan fingerprint density at radius 1 is 0.727 bits per heavy atom. The standard InChI is InChI=1S/C16H36N.H2O4Se/c1-5-9-13-17(14-10-6-2,15-11-7-3)16-12-8-4;1-5(2,3)4/h5-16H2,1-4H3;(H2,1,2,3,4)/q+1;/p-1. The van der Waals surface area contributed by atoms with Gasteiger partial charge in [0.15, 0.2) is 0 Å². The van der Waals surface area contributed by atoms with E-state index in [0.717, 1.165) is 0 Å². The van der Waals surface area contributed by atoms with Crippen molar-refractivity contribution in [3.05, 3.63) is 0 Å². The molecular formula is C16H37NO4Se. The molecule has 0 spiro atoms. The Morgan fingerprint density at radius 3 is 1.05 bits per heavy atom. The zero-order valence-corrected chi connectivity index (χ0v) is 16.7. The predicted molar refractivity (Wildman–Crippen MR) is 88.7 cm³/mol. The summed E-state index contributed by atoms with van der Waals surface area (Å²) < 4.78 is 34.5. The third kappa shape index (κ3) is 18.0. The molecule has 0 aliphatic carbocycles. The van der Waals surface area contributed by atoms with Crippen molar-refractivity contribution in [2.75, 3.05) is 26.2 Å². The molecule has 0 saturated carbocycles. The first-order chi connectivity index (χ1) is 10.2. The van der Waals surface area contributed by atoms with Crippen LogP contribution in [0.3, 0.4) is 0 Å². The molecule has 0 atom stereocenters. The minimum atomic E-state index is -5.50. The second-order valence-corrected chi connectivity index (χ2v) is 7.87. The minimum absolute atomic E-state index is 1.35. The molecule has 0 aromatic heterocycles. The van der Waals surface area contributed by atoms with Gasteiger partial charge < -0.3 is 4.48 Å². The van der Waals surface area contributed by atoms with Gasteiger partial charge in [0.1, 0.15) is 0 Å². The van der Waals surface area contributed by atoms with E-state index in [1.165, 1.54) is 82.0 Å². The third-order valence-corrected chi connectivity index (χ3v) is 3.94. The van der Waals surface area contributed by atoms with E-state index in [-0.39, 0.29) is 0 Å². The Labute approximate surface area is 139 Å². The summed E-state index contributed by atoms with van der Waals surface area (Å²) in [5.41, 5.74) is 0. The summed E-state index contributed by atoms with van der Waals surface area (Å²) in [7, 11) is 0. The van der Waals surface area contributed by atoms with Gasteiger partial charge in [-0.3, -0.25) is 0 Å². The van der Waals surface area contributed by atoms with E-state index in [9.17, 15) is 0 Å². The number of nitrogens with zero attached hydrogens (tertiary/aromatic N) is 1. The van der Waals surface area contributed by atoms with Crippen molar-refractivity contribution in [1.29, 1.82) is 0 Å². The summed E-state index contributed by atoms with van der Waals surface area (Å²) in [5, 5.41) is 0. The number of rotatable bonds is 12. The van der Waals surface area contributed by atoms with Crippen LogP contribution in [0.2, 0.25) is 0 Å². The fourth-order valence-electron chi connectivity index (χ4n) is 2.64. The van der Waals surface area contributed by atoms with E-state index in [2.05, 4.69) is 27.7 Å². The maximum atomic E-state index is 8.70. The molecule has 0 bridgehead atoms. The molecule has 0 saturated heterocycles. The predicted octanol–water partition coefficient (Wildman–Crippen LogP) is 2.64. The Bertz CT molecular complexity index is 286. The molecule has 1 N–H and O–H groups in total. The average Bonchev–Trinajstić information content (AvgIpc) is 2.44. The molecule has 22 heavy (non-hydrogen) atoms. The fourth-order valence-corrected chi connectivity index (χ4v) is 2.64. The second-order valence-electron chi connectivity index (χ2n) is 6.08. The molecule has 136 valence electrons. The second kappa shape index (κ2) is 14.6. The van der Waals surface area contributed by atoms with Crippen molar-refractivity contribution >= 4 is 13.4 Å². The Hall–Kier alpha value is -0.000519. The van der Waals surface area contributed by atoms with Crippen LogP contribution < -0.4 is 4.19 Å². The fraction of sp³-hybridized carbons (Fsp3) is 1.00. The van der Waals surface area contributed by atoms with Crippen molar-refractivity contribution in [2.45, 2.75) is 79.1 Å². The molecule has 0 rings (SSSR count). The van der Waals surface area contributed by atoms with Gasteiger partial charge in [-0.1, -0.05) is 53.4 Å². The molecule has 5 nitrogen and oxygen atoms in total. The molecule has 0 unspecified atom stereocenters. The van der Waals surface area contributed by atoms with E-state index < -0.39 is 13.4 Å². The normalized spacial score (nSPS) is 11.9. The van der Waals surface area contributed by atoms with Crippen LogP contribution in [0.4, 0.5) is 0 Å². The molecule has 0 fully saturated rings. The van der Waals surface area contributed by atoms with Crippen LogP contribution in [0.1, 0.15) is 79.1 Å². The number of unbranched alkanes of at least 4 members (excludes halogenated alkanes) is 4. The van der Waals surface area contributed by atoms with E-state index >= 15 is 0 Å². The summed E-state index contributed by atoms with van der Waals surface area (Å²) in [5.74, 6) is 0. The van der Waals surface area contributed by atoms with Crippen molar-refractivity contribution in [2.24, 2.45) is 0 Å². The van der Waals surface area contributed by atoms with Gasteiger partial charge in [0.25, 0.3) is 0 Å². The first-order valence-corrected chi connectivity index (χ1v) is 11.6. The monoisotopic (exact) mass is 387 g/mol. The van der Waals surface area contributed by atoms with Crippen molar-refractivity contribution in [1.82, 2.24) is 0 Å². The molecular weight excluding hydrogens is 349 g/mol. The molecule has 0 radical (unpaired) electrons. The summed E-state index contributed by atoms with van der Waals surface area (Å²) in [6.45, 7) is 15.0. The Morgan fingerprint density at radius 2 is 0.909 bits per heavy atom. The van der Waals surface area contributed by atoms with Gasteiger partial charge in [-0.15, -0.1) is 0 Å². The molecule has 6 heteroatoms. The molecule has 0 aromatic rings. The number of quaternary nitrogens is 1. The molecule has 0 heterocycles. The van der Waals surface area contributed by atoms with Crippen LogP contribution >= 0.6 is 0 Å². The van der Waals surface area contributed by atoms with Gasteiger partial charge in [-0.05, 0) is 25.7 Å². The molecule has 0 aromatic carbocycles. The van der Waals surface area contributed by atoms with Crippen LogP contribution in [-0.4, -0.2) is 48.2 Å². The van der Waals surface area contributed by atoms with Crippen molar-refractivity contribution in [3.63, 3.8) is 0 Å². The zero-order valence-electron chi connectivity index (χ0n) is 15.0. The van der Waals surface area contributed by atoms with E-state index in [1.807, 2.05) is 0 Å². The van der Waals surface area contributed by atoms with Crippen LogP contribution in [0.5, 0.6) is 0 Å². The molecule has 0 aliphatic heterocycles. The molecule has 0 aliphatic rings. The van der Waals surface area contributed by atoms with Gasteiger partial charge in [0.2, 0.25) is 0 Å². The van der Waals surface area contributed by atoms with Crippen LogP contribution in [0.15, 0.2) is 0 Å². The average molecular weight is 386 g/mol.